The SMILES string of the molecule is N#CC(=Cc1cccc(Cl)c1)c1nnc2n1CCCCC2. The number of halogens is 1. The second-order valence-electron chi connectivity index (χ2n) is 5.13. The number of allylic oxidation sites excluding steroid dienone is 1. The van der Waals surface area contributed by atoms with Crippen molar-refractivity contribution < 1.29 is 0 Å². The van der Waals surface area contributed by atoms with Gasteiger partial charge in [-0.1, -0.05) is 30.2 Å². The number of hydrogen-bond donors (Lipinski definition) is 0. The summed E-state index contributed by atoms with van der Waals surface area (Å²) in [6, 6.07) is 9.67. The van der Waals surface area contributed by atoms with Crippen molar-refractivity contribution in [2.75, 3.05) is 0 Å². The van der Waals surface area contributed by atoms with Crippen LogP contribution in [0, 0.1) is 11.3 Å². The molecule has 3 rings (SSSR count). The minimum absolute atomic E-state index is 0.526. The highest BCUT2D eigenvalue weighted by molar-refractivity contribution is 6.30. The molecule has 0 atom stereocenters. The van der Waals surface area contributed by atoms with Crippen LogP contribution in [0.2, 0.25) is 5.02 Å². The zero-order chi connectivity index (χ0) is 14.7. The second-order valence-corrected chi connectivity index (χ2v) is 5.56. The summed E-state index contributed by atoms with van der Waals surface area (Å²) in [5.41, 5.74) is 1.42. The molecule has 1 aliphatic rings. The number of benzene rings is 1. The lowest BCUT2D eigenvalue weighted by Crippen LogP contribution is -2.05. The second kappa shape index (κ2) is 6.11. The van der Waals surface area contributed by atoms with Gasteiger partial charge in [-0.15, -0.1) is 10.2 Å². The Hall–Kier alpha value is -2.12. The van der Waals surface area contributed by atoms with Crippen LogP contribution in [-0.4, -0.2) is 14.8 Å². The van der Waals surface area contributed by atoms with Crippen LogP contribution in [0.1, 0.15) is 36.5 Å². The lowest BCUT2D eigenvalue weighted by atomic mass is 10.1. The van der Waals surface area contributed by atoms with Crippen molar-refractivity contribution in [2.45, 2.75) is 32.2 Å². The van der Waals surface area contributed by atoms with Crippen molar-refractivity contribution in [1.29, 1.82) is 5.26 Å². The monoisotopic (exact) mass is 298 g/mol. The lowest BCUT2D eigenvalue weighted by Gasteiger charge is -2.05. The Bertz CT molecular complexity index is 724. The van der Waals surface area contributed by atoms with Crippen molar-refractivity contribution in [2.24, 2.45) is 0 Å². The highest BCUT2D eigenvalue weighted by Gasteiger charge is 2.17. The summed E-state index contributed by atoms with van der Waals surface area (Å²) in [6.07, 6.45) is 6.19. The van der Waals surface area contributed by atoms with Gasteiger partial charge in [-0.2, -0.15) is 5.26 Å². The van der Waals surface area contributed by atoms with E-state index < -0.39 is 0 Å². The van der Waals surface area contributed by atoms with Crippen molar-refractivity contribution in [3.8, 4) is 6.07 Å². The Labute approximate surface area is 128 Å². The maximum atomic E-state index is 9.47. The van der Waals surface area contributed by atoms with E-state index in [2.05, 4.69) is 20.8 Å². The van der Waals surface area contributed by atoms with E-state index in [-0.39, 0.29) is 0 Å². The largest absolute Gasteiger partial charge is 0.310 e. The third kappa shape index (κ3) is 2.98. The molecule has 0 aliphatic carbocycles. The maximum Gasteiger partial charge on any atom is 0.174 e. The standard InChI is InChI=1S/C16H15ClN4/c17-14-6-4-5-12(10-14)9-13(11-18)16-20-19-15-7-2-1-3-8-21(15)16/h4-6,9-10H,1-3,7-8H2. The zero-order valence-corrected chi connectivity index (χ0v) is 12.3. The fourth-order valence-electron chi connectivity index (χ4n) is 2.59. The zero-order valence-electron chi connectivity index (χ0n) is 11.6. The molecule has 21 heavy (non-hydrogen) atoms. The normalized spacial score (nSPS) is 15.1. The smallest absolute Gasteiger partial charge is 0.174 e. The van der Waals surface area contributed by atoms with Crippen LogP contribution in [0.5, 0.6) is 0 Å². The molecule has 4 nitrogen and oxygen atoms in total. The average Bonchev–Trinajstić information content (AvgIpc) is 2.73. The molecule has 0 bridgehead atoms. The van der Waals surface area contributed by atoms with Crippen LogP contribution in [0.15, 0.2) is 24.3 Å². The molecule has 0 amide bonds. The third-order valence-electron chi connectivity index (χ3n) is 3.63. The van der Waals surface area contributed by atoms with Crippen molar-refractivity contribution in [3.63, 3.8) is 0 Å². The molecular weight excluding hydrogens is 284 g/mol. The van der Waals surface area contributed by atoms with E-state index in [1.165, 1.54) is 6.42 Å². The number of hydrogen-bond acceptors (Lipinski definition) is 3. The first-order chi connectivity index (χ1) is 10.3. The molecule has 0 N–H and O–H groups in total. The molecule has 1 aromatic heterocycles. The van der Waals surface area contributed by atoms with Crippen LogP contribution < -0.4 is 0 Å². The Morgan fingerprint density at radius 2 is 2.19 bits per heavy atom. The topological polar surface area (TPSA) is 54.5 Å². The van der Waals surface area contributed by atoms with Gasteiger partial charge in [0.1, 0.15) is 11.9 Å². The summed E-state index contributed by atoms with van der Waals surface area (Å²) in [4.78, 5) is 0. The van der Waals surface area contributed by atoms with E-state index in [0.717, 1.165) is 37.2 Å². The van der Waals surface area contributed by atoms with Crippen molar-refractivity contribution in [3.05, 3.63) is 46.5 Å². The van der Waals surface area contributed by atoms with E-state index >= 15 is 0 Å². The van der Waals surface area contributed by atoms with Gasteiger partial charge in [0.25, 0.3) is 0 Å². The van der Waals surface area contributed by atoms with Crippen LogP contribution in [0.4, 0.5) is 0 Å². The highest BCUT2D eigenvalue weighted by atomic mass is 35.5. The number of nitrogens with zero attached hydrogens (tertiary/aromatic N) is 4. The molecule has 0 radical (unpaired) electrons. The Morgan fingerprint density at radius 1 is 1.29 bits per heavy atom. The van der Waals surface area contributed by atoms with Gasteiger partial charge in [0, 0.05) is 18.0 Å². The van der Waals surface area contributed by atoms with E-state index in [9.17, 15) is 5.26 Å². The fourth-order valence-corrected chi connectivity index (χ4v) is 2.79. The number of aryl methyl sites for hydroxylation is 1. The first-order valence-corrected chi connectivity index (χ1v) is 7.45. The van der Waals surface area contributed by atoms with E-state index in [4.69, 9.17) is 11.6 Å². The quantitative estimate of drug-likeness (QED) is 0.794. The van der Waals surface area contributed by atoms with Crippen LogP contribution in [-0.2, 0) is 13.0 Å². The van der Waals surface area contributed by atoms with Gasteiger partial charge in [0.15, 0.2) is 5.82 Å². The predicted octanol–water partition coefficient (Wildman–Crippen LogP) is 3.72. The van der Waals surface area contributed by atoms with Gasteiger partial charge < -0.3 is 4.57 Å². The van der Waals surface area contributed by atoms with Crippen molar-refractivity contribution >= 4 is 23.3 Å². The lowest BCUT2D eigenvalue weighted by molar-refractivity contribution is 0.627. The van der Waals surface area contributed by atoms with Gasteiger partial charge in [-0.05, 0) is 36.6 Å². The molecule has 0 saturated carbocycles. The van der Waals surface area contributed by atoms with Gasteiger partial charge in [0.2, 0.25) is 0 Å². The molecule has 1 aromatic carbocycles. The average molecular weight is 299 g/mol. The van der Waals surface area contributed by atoms with Gasteiger partial charge in [-0.3, -0.25) is 0 Å². The summed E-state index contributed by atoms with van der Waals surface area (Å²) in [5, 5.41) is 18.6. The first kappa shape index (κ1) is 13.8. The summed E-state index contributed by atoms with van der Waals surface area (Å²) in [6.45, 7) is 0.881. The van der Waals surface area contributed by atoms with E-state index in [1.807, 2.05) is 30.3 Å². The Morgan fingerprint density at radius 3 is 3.00 bits per heavy atom. The molecule has 0 spiro atoms. The molecule has 2 heterocycles. The van der Waals surface area contributed by atoms with Crippen LogP contribution in [0.3, 0.4) is 0 Å². The third-order valence-corrected chi connectivity index (χ3v) is 3.87. The number of rotatable bonds is 2. The molecule has 0 fully saturated rings. The molecule has 0 unspecified atom stereocenters. The molecular formula is C16H15ClN4. The molecule has 106 valence electrons. The molecule has 1 aliphatic heterocycles. The fraction of sp³-hybridized carbons (Fsp3) is 0.312. The first-order valence-electron chi connectivity index (χ1n) is 7.08. The van der Waals surface area contributed by atoms with E-state index in [0.29, 0.717) is 16.4 Å². The van der Waals surface area contributed by atoms with Gasteiger partial charge >= 0.3 is 0 Å². The number of fused-ring (bicyclic) bond motifs is 1. The van der Waals surface area contributed by atoms with Crippen LogP contribution in [0.25, 0.3) is 11.6 Å². The summed E-state index contributed by atoms with van der Waals surface area (Å²) < 4.78 is 2.08. The number of nitriles is 1. The van der Waals surface area contributed by atoms with Gasteiger partial charge in [0.05, 0.1) is 5.57 Å². The maximum absolute atomic E-state index is 9.47. The minimum Gasteiger partial charge on any atom is -0.310 e. The highest BCUT2D eigenvalue weighted by Crippen LogP contribution is 2.22. The molecule has 2 aromatic rings. The summed E-state index contributed by atoms with van der Waals surface area (Å²) in [7, 11) is 0. The summed E-state index contributed by atoms with van der Waals surface area (Å²) in [5.74, 6) is 1.64. The minimum atomic E-state index is 0.526. The Balaban J connectivity index is 2.01. The molecule has 0 saturated heterocycles. The Kier molecular flexibility index (Phi) is 4.03. The van der Waals surface area contributed by atoms with E-state index in [1.54, 1.807) is 0 Å². The molecule has 5 heteroatoms. The van der Waals surface area contributed by atoms with Crippen LogP contribution >= 0.6 is 11.6 Å². The van der Waals surface area contributed by atoms with Gasteiger partial charge in [-0.25, -0.2) is 0 Å². The summed E-state index contributed by atoms with van der Waals surface area (Å²) >= 11 is 5.99. The number of aromatic nitrogens is 3. The predicted molar refractivity (Wildman–Crippen MR) is 82.5 cm³/mol. The van der Waals surface area contributed by atoms with Crippen molar-refractivity contribution in [1.82, 2.24) is 14.8 Å².